The Labute approximate surface area is 237 Å². The zero-order valence-corrected chi connectivity index (χ0v) is 23.3. The summed E-state index contributed by atoms with van der Waals surface area (Å²) in [5, 5.41) is 1.22. The summed E-state index contributed by atoms with van der Waals surface area (Å²) in [6, 6.07) is 28.4. The number of fused-ring (bicyclic) bond motifs is 1. The largest absolute Gasteiger partial charge is 0.368 e. The monoisotopic (exact) mass is 551 g/mol. The predicted molar refractivity (Wildman–Crippen MR) is 162 cm³/mol. The van der Waals surface area contributed by atoms with Crippen LogP contribution in [0.3, 0.4) is 0 Å². The van der Waals surface area contributed by atoms with Gasteiger partial charge in [-0.15, -0.1) is 24.8 Å². The summed E-state index contributed by atoms with van der Waals surface area (Å²) in [6.45, 7) is 7.54. The highest BCUT2D eigenvalue weighted by molar-refractivity contribution is 5.92. The third-order valence-electron chi connectivity index (χ3n) is 6.95. The molecular formula is C30H35Cl2N5O. The number of amides is 2. The maximum absolute atomic E-state index is 12.2. The molecule has 5 rings (SSSR count). The summed E-state index contributed by atoms with van der Waals surface area (Å²) in [7, 11) is 0. The van der Waals surface area contributed by atoms with E-state index in [-0.39, 0.29) is 24.8 Å². The lowest BCUT2D eigenvalue weighted by atomic mass is 10.1. The number of nitrogens with zero attached hydrogens (tertiary/aromatic N) is 4. The number of anilines is 2. The van der Waals surface area contributed by atoms with Crippen LogP contribution in [0.1, 0.15) is 16.8 Å². The number of urea groups is 1. The molecule has 0 unspecified atom stereocenters. The fourth-order valence-corrected chi connectivity index (χ4v) is 4.96. The molecule has 3 aromatic carbocycles. The maximum Gasteiger partial charge on any atom is 0.319 e. The molecule has 0 saturated carbocycles. The molecule has 1 aliphatic heterocycles. The van der Waals surface area contributed by atoms with Crippen LogP contribution in [0.15, 0.2) is 84.9 Å². The predicted octanol–water partition coefficient (Wildman–Crippen LogP) is 5.84. The second-order valence-corrected chi connectivity index (χ2v) is 9.46. The average molecular weight is 553 g/mol. The van der Waals surface area contributed by atoms with Gasteiger partial charge in [0.25, 0.3) is 0 Å². The third kappa shape index (κ3) is 6.95. The second-order valence-electron chi connectivity index (χ2n) is 9.46. The van der Waals surface area contributed by atoms with Crippen LogP contribution in [-0.4, -0.2) is 48.6 Å². The first-order valence-corrected chi connectivity index (χ1v) is 12.6. The number of hydrogen-bond acceptors (Lipinski definition) is 4. The molecule has 1 fully saturated rings. The summed E-state index contributed by atoms with van der Waals surface area (Å²) < 4.78 is 0. The highest BCUT2D eigenvalue weighted by Crippen LogP contribution is 2.27. The van der Waals surface area contributed by atoms with Crippen LogP contribution < -0.4 is 15.5 Å². The summed E-state index contributed by atoms with van der Waals surface area (Å²) in [6.07, 6.45) is 0.934. The summed E-state index contributed by atoms with van der Waals surface area (Å²) in [4.78, 5) is 23.5. The summed E-state index contributed by atoms with van der Waals surface area (Å²) in [5.74, 6) is 0. The molecule has 1 aliphatic rings. The molecule has 2 N–H and O–H groups in total. The number of aryl methyl sites for hydroxylation is 1. The van der Waals surface area contributed by atoms with Gasteiger partial charge in [0.1, 0.15) is 0 Å². The molecule has 0 atom stereocenters. The molecular weight excluding hydrogens is 517 g/mol. The molecule has 1 saturated heterocycles. The van der Waals surface area contributed by atoms with Crippen molar-refractivity contribution in [1.29, 1.82) is 0 Å². The molecule has 0 aliphatic carbocycles. The average Bonchev–Trinajstić information content (AvgIpc) is 2.91. The first kappa shape index (κ1) is 29.2. The summed E-state index contributed by atoms with van der Waals surface area (Å²) >= 11 is 0. The number of carbonyl (C=O) groups is 1. The van der Waals surface area contributed by atoms with Gasteiger partial charge in [-0.2, -0.15) is 0 Å². The highest BCUT2D eigenvalue weighted by Gasteiger charge is 2.19. The molecule has 2 amide bonds. The van der Waals surface area contributed by atoms with Gasteiger partial charge in [0, 0.05) is 55.2 Å². The Bertz CT molecular complexity index is 1340. The fraction of sp³-hybridized carbons (Fsp3) is 0.267. The van der Waals surface area contributed by atoms with E-state index in [9.17, 15) is 4.79 Å². The normalized spacial score (nSPS) is 13.4. The number of rotatable bonds is 7. The van der Waals surface area contributed by atoms with Gasteiger partial charge in [0.05, 0.1) is 12.1 Å². The van der Waals surface area contributed by atoms with Gasteiger partial charge in [-0.25, -0.2) is 4.79 Å². The lowest BCUT2D eigenvalue weighted by molar-refractivity contribution is 0.253. The zero-order valence-electron chi connectivity index (χ0n) is 21.6. The number of carbonyl (C=O) groups excluding carboxylic acids is 1. The summed E-state index contributed by atoms with van der Waals surface area (Å²) in [5.41, 5.74) is 12.2. The molecule has 0 spiro atoms. The minimum atomic E-state index is -0.439. The van der Waals surface area contributed by atoms with Crippen molar-refractivity contribution in [3.63, 3.8) is 0 Å². The van der Waals surface area contributed by atoms with Crippen LogP contribution in [0.25, 0.3) is 10.9 Å². The number of primary amides is 1. The van der Waals surface area contributed by atoms with Crippen LogP contribution in [0.4, 0.5) is 16.2 Å². The Morgan fingerprint density at radius 3 is 2.32 bits per heavy atom. The van der Waals surface area contributed by atoms with Gasteiger partial charge in [0.15, 0.2) is 0 Å². The van der Waals surface area contributed by atoms with Crippen molar-refractivity contribution in [1.82, 2.24) is 9.88 Å². The van der Waals surface area contributed by atoms with E-state index in [4.69, 9.17) is 10.7 Å². The molecule has 0 radical (unpaired) electrons. The van der Waals surface area contributed by atoms with E-state index in [2.05, 4.69) is 52.3 Å². The number of piperazine rings is 1. The van der Waals surface area contributed by atoms with E-state index in [0.29, 0.717) is 6.54 Å². The lowest BCUT2D eigenvalue weighted by Gasteiger charge is -2.36. The first-order valence-electron chi connectivity index (χ1n) is 12.6. The van der Waals surface area contributed by atoms with E-state index in [1.54, 1.807) is 4.90 Å². The van der Waals surface area contributed by atoms with Gasteiger partial charge in [-0.3, -0.25) is 14.8 Å². The molecule has 8 heteroatoms. The van der Waals surface area contributed by atoms with Crippen molar-refractivity contribution in [2.75, 3.05) is 42.5 Å². The highest BCUT2D eigenvalue weighted by atomic mass is 35.5. The molecule has 6 nitrogen and oxygen atoms in total. The quantitative estimate of drug-likeness (QED) is 0.313. The van der Waals surface area contributed by atoms with Crippen LogP contribution >= 0.6 is 24.8 Å². The molecule has 200 valence electrons. The minimum absolute atomic E-state index is 0. The van der Waals surface area contributed by atoms with Crippen molar-refractivity contribution in [3.8, 4) is 0 Å². The van der Waals surface area contributed by atoms with Crippen LogP contribution in [0, 0.1) is 6.92 Å². The van der Waals surface area contributed by atoms with Gasteiger partial charge >= 0.3 is 6.03 Å². The lowest BCUT2D eigenvalue weighted by Crippen LogP contribution is -2.47. The maximum atomic E-state index is 12.2. The van der Waals surface area contributed by atoms with Crippen molar-refractivity contribution >= 4 is 53.1 Å². The van der Waals surface area contributed by atoms with E-state index in [1.165, 1.54) is 16.6 Å². The Morgan fingerprint density at radius 2 is 1.58 bits per heavy atom. The van der Waals surface area contributed by atoms with Crippen molar-refractivity contribution in [2.45, 2.75) is 19.9 Å². The van der Waals surface area contributed by atoms with Crippen molar-refractivity contribution in [3.05, 3.63) is 102 Å². The van der Waals surface area contributed by atoms with E-state index in [0.717, 1.165) is 61.6 Å². The number of hydrogen-bond donors (Lipinski definition) is 1. The van der Waals surface area contributed by atoms with Gasteiger partial charge in [-0.1, -0.05) is 48.5 Å². The van der Waals surface area contributed by atoms with Crippen LogP contribution in [0.2, 0.25) is 0 Å². The fourth-order valence-electron chi connectivity index (χ4n) is 4.96. The Kier molecular flexibility index (Phi) is 10.4. The van der Waals surface area contributed by atoms with Gasteiger partial charge in [0.2, 0.25) is 0 Å². The Morgan fingerprint density at radius 1 is 0.868 bits per heavy atom. The topological polar surface area (TPSA) is 65.7 Å². The molecule has 4 aromatic rings. The second kappa shape index (κ2) is 13.5. The molecule has 0 bridgehead atoms. The zero-order chi connectivity index (χ0) is 24.9. The van der Waals surface area contributed by atoms with Crippen molar-refractivity contribution < 1.29 is 4.79 Å². The minimum Gasteiger partial charge on any atom is -0.368 e. The smallest absolute Gasteiger partial charge is 0.319 e. The number of benzene rings is 3. The SMILES string of the molecule is Cc1ccc2c(N3CCN(CCc4cccc(N(Cc5ccccc5)C(N)=O)c4)CC3)cccc2n1.Cl.Cl. The molecule has 1 aromatic heterocycles. The van der Waals surface area contributed by atoms with E-state index < -0.39 is 6.03 Å². The first-order chi connectivity index (χ1) is 17.6. The van der Waals surface area contributed by atoms with Crippen LogP contribution in [-0.2, 0) is 13.0 Å². The molecule has 2 heterocycles. The van der Waals surface area contributed by atoms with E-state index >= 15 is 0 Å². The van der Waals surface area contributed by atoms with Crippen molar-refractivity contribution in [2.24, 2.45) is 5.73 Å². The van der Waals surface area contributed by atoms with E-state index in [1.807, 2.05) is 49.4 Å². The number of aromatic nitrogens is 1. The van der Waals surface area contributed by atoms with Gasteiger partial charge in [-0.05, 0) is 60.9 Å². The number of pyridine rings is 1. The van der Waals surface area contributed by atoms with Crippen LogP contribution in [0.5, 0.6) is 0 Å². The standard InChI is InChI=1S/C30H33N5O.2ClH/c1-23-13-14-27-28(32-23)11-6-12-29(27)34-19-17-33(18-20-34)16-15-24-9-5-10-26(21-24)35(30(31)36)22-25-7-3-2-4-8-25;;/h2-14,21H,15-20,22H2,1H3,(H2,31,36);2*1H. The third-order valence-corrected chi connectivity index (χ3v) is 6.95. The Balaban J connectivity index is 0.00000200. The molecule has 38 heavy (non-hydrogen) atoms. The Hall–Kier alpha value is -3.32. The number of halogens is 2. The van der Waals surface area contributed by atoms with Gasteiger partial charge < -0.3 is 10.6 Å². The number of nitrogens with two attached hydrogens (primary N) is 1.